The van der Waals surface area contributed by atoms with E-state index < -0.39 is 6.10 Å². The number of phenols is 1. The monoisotopic (exact) mass is 422 g/mol. The third-order valence-electron chi connectivity index (χ3n) is 4.09. The molecule has 0 bridgehead atoms. The number of ether oxygens (including phenoxy) is 2. The van der Waals surface area contributed by atoms with E-state index in [1.807, 2.05) is 0 Å². The van der Waals surface area contributed by atoms with Crippen LogP contribution in [0.3, 0.4) is 0 Å². The van der Waals surface area contributed by atoms with Gasteiger partial charge in [-0.1, -0.05) is 11.6 Å². The summed E-state index contributed by atoms with van der Waals surface area (Å²) in [6.07, 6.45) is -1.02. The van der Waals surface area contributed by atoms with Crippen LogP contribution in [0.25, 0.3) is 0 Å². The van der Waals surface area contributed by atoms with Crippen molar-refractivity contribution in [1.82, 2.24) is 5.06 Å². The summed E-state index contributed by atoms with van der Waals surface area (Å²) < 4.78 is 11.4. The molecule has 9 heteroatoms. The van der Waals surface area contributed by atoms with Gasteiger partial charge in [0.05, 0.1) is 18.8 Å². The molecule has 1 saturated heterocycles. The molecule has 0 aromatic heterocycles. The molecule has 1 aliphatic heterocycles. The molecule has 0 unspecified atom stereocenters. The molecule has 0 saturated carbocycles. The topological polar surface area (TPSA) is 100 Å². The number of anilines is 1. The minimum atomic E-state index is -0.850. The molecule has 0 radical (unpaired) electrons. The summed E-state index contributed by atoms with van der Waals surface area (Å²) in [5, 5.41) is 24.8. The Labute approximate surface area is 173 Å². The first-order chi connectivity index (χ1) is 13.9. The highest BCUT2D eigenvalue weighted by Crippen LogP contribution is 2.29. The Hall–Kier alpha value is -2.52. The van der Waals surface area contributed by atoms with Gasteiger partial charge in [0.2, 0.25) is 5.91 Å². The SMILES string of the molecule is CC(=O)Nc1ccc(O)cc1OC[C@@H](O)CN1C[C@H](Oc2ccc(Cl)cc2)CO1. The van der Waals surface area contributed by atoms with Gasteiger partial charge in [-0.05, 0) is 36.4 Å². The van der Waals surface area contributed by atoms with Crippen molar-refractivity contribution in [1.29, 1.82) is 0 Å². The maximum atomic E-state index is 11.3. The number of nitrogens with one attached hydrogen (secondary N) is 1. The summed E-state index contributed by atoms with van der Waals surface area (Å²) in [5.74, 6) is 0.695. The fourth-order valence-electron chi connectivity index (χ4n) is 2.82. The molecule has 29 heavy (non-hydrogen) atoms. The Morgan fingerprint density at radius 2 is 2.10 bits per heavy atom. The molecular weight excluding hydrogens is 400 g/mol. The Morgan fingerprint density at radius 1 is 1.34 bits per heavy atom. The molecule has 1 heterocycles. The first kappa shape index (κ1) is 21.2. The zero-order chi connectivity index (χ0) is 20.8. The molecule has 8 nitrogen and oxygen atoms in total. The Balaban J connectivity index is 1.46. The van der Waals surface area contributed by atoms with Crippen molar-refractivity contribution < 1.29 is 29.3 Å². The van der Waals surface area contributed by atoms with Gasteiger partial charge in [0.15, 0.2) is 0 Å². The number of β-amino-alcohol motifs (C(OH)–C–C–N with tert-alkyl or cyclic N) is 1. The number of hydroxylamine groups is 2. The number of aliphatic hydroxyl groups is 1. The number of benzene rings is 2. The zero-order valence-corrected chi connectivity index (χ0v) is 16.6. The molecule has 156 valence electrons. The lowest BCUT2D eigenvalue weighted by Crippen LogP contribution is -2.34. The van der Waals surface area contributed by atoms with Crippen molar-refractivity contribution in [3.05, 3.63) is 47.5 Å². The molecular formula is C20H23ClN2O6. The molecule has 1 amide bonds. The second kappa shape index (κ2) is 9.80. The molecule has 3 rings (SSSR count). The summed E-state index contributed by atoms with van der Waals surface area (Å²) in [4.78, 5) is 16.8. The van der Waals surface area contributed by atoms with Crippen LogP contribution in [0.1, 0.15) is 6.92 Å². The number of aromatic hydroxyl groups is 1. The van der Waals surface area contributed by atoms with Crippen molar-refractivity contribution in [3.63, 3.8) is 0 Å². The largest absolute Gasteiger partial charge is 0.508 e. The third kappa shape index (κ3) is 6.50. The van der Waals surface area contributed by atoms with Crippen LogP contribution in [-0.2, 0) is 9.63 Å². The van der Waals surface area contributed by atoms with E-state index in [1.165, 1.54) is 25.1 Å². The van der Waals surface area contributed by atoms with Crippen LogP contribution in [0.4, 0.5) is 5.69 Å². The van der Waals surface area contributed by atoms with E-state index in [4.69, 9.17) is 25.9 Å². The molecule has 2 atom stereocenters. The summed E-state index contributed by atoms with van der Waals surface area (Å²) >= 11 is 5.86. The smallest absolute Gasteiger partial charge is 0.221 e. The molecule has 2 aromatic carbocycles. The highest BCUT2D eigenvalue weighted by Gasteiger charge is 2.27. The minimum absolute atomic E-state index is 0.00587. The summed E-state index contributed by atoms with van der Waals surface area (Å²) in [6.45, 7) is 2.41. The number of amides is 1. The van der Waals surface area contributed by atoms with E-state index in [2.05, 4.69) is 5.32 Å². The van der Waals surface area contributed by atoms with Crippen LogP contribution in [0.5, 0.6) is 17.2 Å². The highest BCUT2D eigenvalue weighted by atomic mass is 35.5. The van der Waals surface area contributed by atoms with Crippen molar-refractivity contribution in [2.75, 3.05) is 31.6 Å². The van der Waals surface area contributed by atoms with Crippen LogP contribution < -0.4 is 14.8 Å². The van der Waals surface area contributed by atoms with E-state index in [0.717, 1.165) is 0 Å². The number of aliphatic hydroxyl groups excluding tert-OH is 1. The average Bonchev–Trinajstić information content (AvgIpc) is 3.10. The van der Waals surface area contributed by atoms with Gasteiger partial charge in [-0.25, -0.2) is 0 Å². The van der Waals surface area contributed by atoms with Crippen LogP contribution >= 0.6 is 11.6 Å². The lowest BCUT2D eigenvalue weighted by atomic mass is 10.2. The highest BCUT2D eigenvalue weighted by molar-refractivity contribution is 6.30. The maximum Gasteiger partial charge on any atom is 0.221 e. The van der Waals surface area contributed by atoms with Gasteiger partial charge in [-0.2, -0.15) is 5.06 Å². The standard InChI is InChI=1S/C20H23ClN2O6/c1-13(24)22-19-7-4-15(25)8-20(19)27-11-16(26)9-23-10-18(12-28-23)29-17-5-2-14(21)3-6-17/h2-8,16,18,25-26H,9-12H2,1H3,(H,22,24)/t16-,18-/m0/s1. The average molecular weight is 423 g/mol. The number of rotatable bonds is 8. The Kier molecular flexibility index (Phi) is 7.16. The van der Waals surface area contributed by atoms with Gasteiger partial charge in [0.1, 0.15) is 42.7 Å². The predicted octanol–water partition coefficient (Wildman–Crippen LogP) is 2.44. The van der Waals surface area contributed by atoms with Crippen molar-refractivity contribution in [3.8, 4) is 17.2 Å². The number of nitrogens with zero attached hydrogens (tertiary/aromatic N) is 1. The molecule has 2 aromatic rings. The number of hydrogen-bond acceptors (Lipinski definition) is 7. The van der Waals surface area contributed by atoms with E-state index >= 15 is 0 Å². The number of halogens is 1. The minimum Gasteiger partial charge on any atom is -0.508 e. The maximum absolute atomic E-state index is 11.3. The molecule has 0 aliphatic carbocycles. The normalized spacial score (nSPS) is 17.7. The quantitative estimate of drug-likeness (QED) is 0.562. The van der Waals surface area contributed by atoms with Crippen molar-refractivity contribution in [2.24, 2.45) is 0 Å². The first-order valence-electron chi connectivity index (χ1n) is 9.10. The number of carbonyl (C=O) groups excluding carboxylic acids is 1. The van der Waals surface area contributed by atoms with Gasteiger partial charge < -0.3 is 25.0 Å². The first-order valence-corrected chi connectivity index (χ1v) is 9.48. The van der Waals surface area contributed by atoms with E-state index in [9.17, 15) is 15.0 Å². The van der Waals surface area contributed by atoms with Crippen LogP contribution in [0.2, 0.25) is 5.02 Å². The van der Waals surface area contributed by atoms with Crippen LogP contribution in [-0.4, -0.2) is 59.7 Å². The summed E-state index contributed by atoms with van der Waals surface area (Å²) in [6, 6.07) is 11.4. The second-order valence-electron chi connectivity index (χ2n) is 6.66. The third-order valence-corrected chi connectivity index (χ3v) is 4.34. The van der Waals surface area contributed by atoms with Gasteiger partial charge in [0, 0.05) is 18.0 Å². The van der Waals surface area contributed by atoms with Gasteiger partial charge in [-0.15, -0.1) is 0 Å². The molecule has 1 fully saturated rings. The Bertz CT molecular complexity index is 832. The van der Waals surface area contributed by atoms with Gasteiger partial charge in [0.25, 0.3) is 0 Å². The lowest BCUT2D eigenvalue weighted by Gasteiger charge is -2.20. The van der Waals surface area contributed by atoms with Gasteiger partial charge >= 0.3 is 0 Å². The van der Waals surface area contributed by atoms with Crippen LogP contribution in [0, 0.1) is 0 Å². The summed E-state index contributed by atoms with van der Waals surface area (Å²) in [7, 11) is 0. The lowest BCUT2D eigenvalue weighted by molar-refractivity contribution is -0.131. The predicted molar refractivity (Wildman–Crippen MR) is 107 cm³/mol. The fourth-order valence-corrected chi connectivity index (χ4v) is 2.95. The Morgan fingerprint density at radius 3 is 2.83 bits per heavy atom. The molecule has 0 spiro atoms. The van der Waals surface area contributed by atoms with Crippen molar-refractivity contribution in [2.45, 2.75) is 19.1 Å². The fraction of sp³-hybridized carbons (Fsp3) is 0.350. The van der Waals surface area contributed by atoms with E-state index in [-0.39, 0.29) is 36.7 Å². The van der Waals surface area contributed by atoms with E-state index in [1.54, 1.807) is 29.3 Å². The summed E-state index contributed by atoms with van der Waals surface area (Å²) in [5.41, 5.74) is 0.413. The second-order valence-corrected chi connectivity index (χ2v) is 7.10. The molecule has 3 N–H and O–H groups in total. The van der Waals surface area contributed by atoms with Gasteiger partial charge in [-0.3, -0.25) is 9.63 Å². The zero-order valence-electron chi connectivity index (χ0n) is 15.9. The van der Waals surface area contributed by atoms with Crippen LogP contribution in [0.15, 0.2) is 42.5 Å². The molecule has 1 aliphatic rings. The number of phenolic OH excluding ortho intramolecular Hbond substituents is 1. The number of carbonyl (C=O) groups is 1. The van der Waals surface area contributed by atoms with Crippen molar-refractivity contribution >= 4 is 23.2 Å². The number of hydrogen-bond donors (Lipinski definition) is 3. The van der Waals surface area contributed by atoms with E-state index in [0.29, 0.717) is 29.6 Å².